The first kappa shape index (κ1) is 9.50. The summed E-state index contributed by atoms with van der Waals surface area (Å²) in [5, 5.41) is 7.90. The van der Waals surface area contributed by atoms with E-state index in [1.54, 1.807) is 0 Å². The number of halogens is 2. The zero-order valence-electron chi connectivity index (χ0n) is 5.18. The van der Waals surface area contributed by atoms with Gasteiger partial charge in [0, 0.05) is 0 Å². The van der Waals surface area contributed by atoms with E-state index in [2.05, 4.69) is 4.74 Å². The Morgan fingerprint density at radius 1 is 1.56 bits per heavy atom. The van der Waals surface area contributed by atoms with Crippen molar-refractivity contribution >= 4 is 23.2 Å². The normalized spacial score (nSPS) is 14.3. The molecule has 0 aromatic heterocycles. The molecule has 56 valence electrons. The SMILES string of the molecule is CCCC(O)OC(Cl)Cl. The van der Waals surface area contributed by atoms with Crippen LogP contribution in [0, 0.1) is 0 Å². The van der Waals surface area contributed by atoms with E-state index in [-0.39, 0.29) is 0 Å². The Hall–Kier alpha value is 0.500. The van der Waals surface area contributed by atoms with Gasteiger partial charge in [-0.25, -0.2) is 0 Å². The average Bonchev–Trinajstić information content (AvgIpc) is 1.63. The van der Waals surface area contributed by atoms with Crippen LogP contribution in [-0.4, -0.2) is 16.4 Å². The van der Waals surface area contributed by atoms with Crippen LogP contribution >= 0.6 is 23.2 Å². The van der Waals surface area contributed by atoms with Crippen molar-refractivity contribution in [2.45, 2.75) is 31.1 Å². The fourth-order valence-corrected chi connectivity index (χ4v) is 0.671. The molecule has 0 saturated heterocycles. The molecule has 0 spiro atoms. The lowest BCUT2D eigenvalue weighted by Gasteiger charge is -2.09. The Bertz CT molecular complexity index is 68.0. The van der Waals surface area contributed by atoms with Gasteiger partial charge in [0.25, 0.3) is 0 Å². The van der Waals surface area contributed by atoms with Crippen LogP contribution in [0.2, 0.25) is 0 Å². The van der Waals surface area contributed by atoms with Gasteiger partial charge in [0.15, 0.2) is 6.29 Å². The summed E-state index contributed by atoms with van der Waals surface area (Å²) in [6.07, 6.45) is 0.590. The molecule has 0 aliphatic rings. The summed E-state index contributed by atoms with van der Waals surface area (Å²) >= 11 is 10.4. The molecule has 0 radical (unpaired) electrons. The van der Waals surface area contributed by atoms with Gasteiger partial charge < -0.3 is 9.84 Å². The summed E-state index contributed by atoms with van der Waals surface area (Å²) in [5.41, 5.74) is 0. The van der Waals surface area contributed by atoms with Crippen molar-refractivity contribution in [3.8, 4) is 0 Å². The maximum atomic E-state index is 8.83. The number of hydrogen-bond donors (Lipinski definition) is 1. The Balaban J connectivity index is 3.15. The first-order valence-electron chi connectivity index (χ1n) is 2.78. The van der Waals surface area contributed by atoms with E-state index in [1.807, 2.05) is 6.92 Å². The van der Waals surface area contributed by atoms with E-state index in [1.165, 1.54) is 0 Å². The third-order valence-electron chi connectivity index (χ3n) is 0.796. The van der Waals surface area contributed by atoms with Crippen molar-refractivity contribution in [2.24, 2.45) is 0 Å². The van der Waals surface area contributed by atoms with Crippen molar-refractivity contribution in [3.05, 3.63) is 0 Å². The number of hydrogen-bond acceptors (Lipinski definition) is 2. The lowest BCUT2D eigenvalue weighted by Crippen LogP contribution is -2.13. The molecule has 0 aliphatic heterocycles. The molecule has 2 nitrogen and oxygen atoms in total. The molecule has 0 aromatic carbocycles. The van der Waals surface area contributed by atoms with Crippen LogP contribution in [0.5, 0.6) is 0 Å². The molecule has 9 heavy (non-hydrogen) atoms. The zero-order chi connectivity index (χ0) is 7.28. The van der Waals surface area contributed by atoms with Crippen LogP contribution in [0.25, 0.3) is 0 Å². The Labute approximate surface area is 64.7 Å². The quantitative estimate of drug-likeness (QED) is 0.519. The molecule has 0 rings (SSSR count). The number of aliphatic hydroxyl groups is 1. The largest absolute Gasteiger partial charge is 0.368 e. The van der Waals surface area contributed by atoms with E-state index in [0.29, 0.717) is 6.42 Å². The van der Waals surface area contributed by atoms with E-state index < -0.39 is 11.3 Å². The Morgan fingerprint density at radius 2 is 2.11 bits per heavy atom. The maximum Gasteiger partial charge on any atom is 0.209 e. The fraction of sp³-hybridized carbons (Fsp3) is 1.00. The summed E-state index contributed by atoms with van der Waals surface area (Å²) in [4.78, 5) is 0. The second-order valence-electron chi connectivity index (χ2n) is 1.64. The predicted octanol–water partition coefficient (Wildman–Crippen LogP) is 1.88. The molecular formula is C5H10Cl2O2. The highest BCUT2D eigenvalue weighted by Crippen LogP contribution is 2.08. The highest BCUT2D eigenvalue weighted by atomic mass is 35.5. The van der Waals surface area contributed by atoms with E-state index in [9.17, 15) is 0 Å². The molecule has 0 aromatic rings. The van der Waals surface area contributed by atoms with Gasteiger partial charge in [0.1, 0.15) is 0 Å². The summed E-state index contributed by atoms with van der Waals surface area (Å²) in [5.74, 6) is 0. The van der Waals surface area contributed by atoms with Gasteiger partial charge in [0.05, 0.1) is 0 Å². The van der Waals surface area contributed by atoms with Crippen molar-refractivity contribution < 1.29 is 9.84 Å². The first-order valence-corrected chi connectivity index (χ1v) is 3.65. The zero-order valence-corrected chi connectivity index (χ0v) is 6.69. The summed E-state index contributed by atoms with van der Waals surface area (Å²) in [7, 11) is 0. The second-order valence-corrected chi connectivity index (χ2v) is 2.66. The minimum Gasteiger partial charge on any atom is -0.368 e. The molecule has 0 amide bonds. The van der Waals surface area contributed by atoms with Crippen LogP contribution in [-0.2, 0) is 4.74 Å². The number of rotatable bonds is 4. The second kappa shape index (κ2) is 5.30. The molecule has 0 aliphatic carbocycles. The molecular weight excluding hydrogens is 163 g/mol. The molecule has 1 atom stereocenters. The minimum atomic E-state index is -0.924. The van der Waals surface area contributed by atoms with E-state index in [0.717, 1.165) is 6.42 Å². The number of aliphatic hydroxyl groups excluding tert-OH is 1. The van der Waals surface area contributed by atoms with Gasteiger partial charge in [0.2, 0.25) is 5.02 Å². The highest BCUT2D eigenvalue weighted by Gasteiger charge is 2.06. The van der Waals surface area contributed by atoms with Gasteiger partial charge in [-0.3, -0.25) is 0 Å². The third kappa shape index (κ3) is 6.38. The highest BCUT2D eigenvalue weighted by molar-refractivity contribution is 6.43. The predicted molar refractivity (Wildman–Crippen MR) is 37.5 cm³/mol. The molecule has 0 fully saturated rings. The molecule has 4 heteroatoms. The van der Waals surface area contributed by atoms with Crippen molar-refractivity contribution in [1.82, 2.24) is 0 Å². The summed E-state index contributed by atoms with van der Waals surface area (Å²) in [6.45, 7) is 1.93. The summed E-state index contributed by atoms with van der Waals surface area (Å²) < 4.78 is 4.58. The number of ether oxygens (including phenoxy) is 1. The third-order valence-corrected chi connectivity index (χ3v) is 1.00. The van der Waals surface area contributed by atoms with Gasteiger partial charge in [-0.1, -0.05) is 36.5 Å². The molecule has 0 heterocycles. The minimum absolute atomic E-state index is 0.565. The first-order chi connectivity index (χ1) is 4.16. The lowest BCUT2D eigenvalue weighted by atomic mass is 10.3. The van der Waals surface area contributed by atoms with Crippen molar-refractivity contribution in [2.75, 3.05) is 0 Å². The standard InChI is InChI=1S/C5H10Cl2O2/c1-2-3-4(8)9-5(6)7/h4-5,8H,2-3H2,1H3. The van der Waals surface area contributed by atoms with Gasteiger partial charge in [-0.2, -0.15) is 0 Å². The van der Waals surface area contributed by atoms with Gasteiger partial charge in [-0.05, 0) is 6.42 Å². The number of alkyl halides is 2. The fourth-order valence-electron chi connectivity index (χ4n) is 0.434. The van der Waals surface area contributed by atoms with Crippen molar-refractivity contribution in [3.63, 3.8) is 0 Å². The Morgan fingerprint density at radius 3 is 2.44 bits per heavy atom. The average molecular weight is 173 g/mol. The Kier molecular flexibility index (Phi) is 5.59. The van der Waals surface area contributed by atoms with Crippen molar-refractivity contribution in [1.29, 1.82) is 0 Å². The molecule has 0 bridgehead atoms. The van der Waals surface area contributed by atoms with E-state index in [4.69, 9.17) is 28.3 Å². The molecule has 0 saturated carbocycles. The maximum absolute atomic E-state index is 8.83. The van der Waals surface area contributed by atoms with Crippen LogP contribution in [0.4, 0.5) is 0 Å². The molecule has 1 N–H and O–H groups in total. The van der Waals surface area contributed by atoms with Gasteiger partial charge >= 0.3 is 0 Å². The smallest absolute Gasteiger partial charge is 0.209 e. The van der Waals surface area contributed by atoms with Crippen LogP contribution in [0.15, 0.2) is 0 Å². The topological polar surface area (TPSA) is 29.5 Å². The van der Waals surface area contributed by atoms with Gasteiger partial charge in [-0.15, -0.1) is 0 Å². The van der Waals surface area contributed by atoms with E-state index >= 15 is 0 Å². The van der Waals surface area contributed by atoms with Crippen LogP contribution < -0.4 is 0 Å². The summed E-state index contributed by atoms with van der Waals surface area (Å²) in [6, 6.07) is 0. The van der Waals surface area contributed by atoms with Crippen LogP contribution in [0.1, 0.15) is 19.8 Å². The molecule has 1 unspecified atom stereocenters. The van der Waals surface area contributed by atoms with Crippen LogP contribution in [0.3, 0.4) is 0 Å². The monoisotopic (exact) mass is 172 g/mol. The lowest BCUT2D eigenvalue weighted by molar-refractivity contribution is -0.0969.